The third-order valence-corrected chi connectivity index (χ3v) is 12.6. The van der Waals surface area contributed by atoms with Gasteiger partial charge in [-0.25, -0.2) is 0 Å². The van der Waals surface area contributed by atoms with Crippen LogP contribution in [0.1, 0.15) is 132 Å². The van der Waals surface area contributed by atoms with E-state index in [0.29, 0.717) is 48.9 Å². The fraction of sp³-hybridized carbons (Fsp3) is 0.623. The molecule has 4 atom stereocenters. The lowest BCUT2D eigenvalue weighted by Crippen LogP contribution is -2.41. The summed E-state index contributed by atoms with van der Waals surface area (Å²) in [6.45, 7) is 21.9. The molecule has 402 valence electrons. The third kappa shape index (κ3) is 32.0. The Morgan fingerprint density at radius 2 is 0.901 bits per heavy atom. The van der Waals surface area contributed by atoms with Crippen molar-refractivity contribution in [2.24, 2.45) is 5.92 Å². The monoisotopic (exact) mass is 1040 g/mol. The second-order valence-corrected chi connectivity index (χ2v) is 18.0. The van der Waals surface area contributed by atoms with E-state index in [4.69, 9.17) is 23.7 Å². The zero-order valence-corrected chi connectivity index (χ0v) is 46.4. The molecule has 0 heterocycles. The fourth-order valence-electron chi connectivity index (χ4n) is 5.43. The maximum absolute atomic E-state index is 11.6. The van der Waals surface area contributed by atoms with Crippen LogP contribution < -0.4 is 16.0 Å². The van der Waals surface area contributed by atoms with E-state index in [9.17, 15) is 38.4 Å². The minimum atomic E-state index is -0.580. The van der Waals surface area contributed by atoms with Crippen molar-refractivity contribution in [3.8, 4) is 11.1 Å². The number of ether oxygens (including phenoxy) is 5. The molecule has 2 aromatic carbocycles. The third-order valence-electron chi connectivity index (χ3n) is 10.1. The van der Waals surface area contributed by atoms with Crippen LogP contribution in [0.5, 0.6) is 0 Å². The summed E-state index contributed by atoms with van der Waals surface area (Å²) in [5.41, 5.74) is 5.03. The van der Waals surface area contributed by atoms with Crippen LogP contribution in [-0.4, -0.2) is 136 Å². The first-order chi connectivity index (χ1) is 33.9. The molecule has 2 aromatic rings. The van der Waals surface area contributed by atoms with Crippen molar-refractivity contribution in [2.75, 3.05) is 70.0 Å². The van der Waals surface area contributed by atoms with E-state index in [-0.39, 0.29) is 91.6 Å². The van der Waals surface area contributed by atoms with Crippen LogP contribution in [0, 0.1) is 5.92 Å². The number of carbonyl (C=O) groups is 8. The smallest absolute Gasteiger partial charge is 0.305 e. The van der Waals surface area contributed by atoms with Gasteiger partial charge in [-0.1, -0.05) is 111 Å². The van der Waals surface area contributed by atoms with Gasteiger partial charge in [0, 0.05) is 73.4 Å². The normalized spacial score (nSPS) is 12.4. The van der Waals surface area contributed by atoms with Crippen LogP contribution in [0.3, 0.4) is 0 Å². The Morgan fingerprint density at radius 1 is 0.521 bits per heavy atom. The molecule has 1 aliphatic rings. The van der Waals surface area contributed by atoms with Gasteiger partial charge in [0.1, 0.15) is 37.8 Å². The largest absolute Gasteiger partial charge is 0.465 e. The van der Waals surface area contributed by atoms with Crippen molar-refractivity contribution < 1.29 is 62.0 Å². The predicted molar refractivity (Wildman–Crippen MR) is 284 cm³/mol. The van der Waals surface area contributed by atoms with E-state index < -0.39 is 18.2 Å². The SMILES string of the molecule is CCC(=O)N[C@@H](CSC[C@H](COC(=O)CC)OC(=O)CC)C(C)=O.CCC(=O)OCC1c2ccccc2-c2ccccc21.CCC(=O)OC[C@@H](CSC[C@H](C)C(C)=O)OC(=O)CC.CCNC.CCNC. The van der Waals surface area contributed by atoms with E-state index in [1.165, 1.54) is 52.7 Å². The highest BCUT2D eigenvalue weighted by atomic mass is 32.2. The summed E-state index contributed by atoms with van der Waals surface area (Å²) in [5, 5.41) is 8.51. The maximum atomic E-state index is 11.6. The van der Waals surface area contributed by atoms with Crippen molar-refractivity contribution in [1.82, 2.24) is 16.0 Å². The highest BCUT2D eigenvalue weighted by Gasteiger charge is 2.29. The molecular formula is C53H85N3O13S2. The molecule has 0 aromatic heterocycles. The van der Waals surface area contributed by atoms with Gasteiger partial charge in [-0.15, -0.1) is 0 Å². The minimum absolute atomic E-state index is 0.0164. The number of thioether (sulfide) groups is 2. The Labute approximate surface area is 432 Å². The number of rotatable bonds is 27. The van der Waals surface area contributed by atoms with Crippen LogP contribution in [0.15, 0.2) is 48.5 Å². The Morgan fingerprint density at radius 3 is 1.25 bits per heavy atom. The summed E-state index contributed by atoms with van der Waals surface area (Å²) in [4.78, 5) is 90.6. The highest BCUT2D eigenvalue weighted by Crippen LogP contribution is 2.44. The number of esters is 5. The van der Waals surface area contributed by atoms with E-state index in [0.717, 1.165) is 13.1 Å². The predicted octanol–water partition coefficient (Wildman–Crippen LogP) is 7.90. The van der Waals surface area contributed by atoms with Gasteiger partial charge < -0.3 is 39.6 Å². The van der Waals surface area contributed by atoms with Gasteiger partial charge in [-0.05, 0) is 63.3 Å². The molecule has 71 heavy (non-hydrogen) atoms. The second kappa shape index (κ2) is 42.9. The number of Topliss-reactive ketones (excluding diaryl/α,β-unsaturated/α-hetero) is 2. The van der Waals surface area contributed by atoms with Gasteiger partial charge in [0.15, 0.2) is 5.78 Å². The summed E-state index contributed by atoms with van der Waals surface area (Å²) >= 11 is 2.88. The van der Waals surface area contributed by atoms with Gasteiger partial charge >= 0.3 is 29.8 Å². The van der Waals surface area contributed by atoms with Crippen molar-refractivity contribution in [3.63, 3.8) is 0 Å². The zero-order valence-electron chi connectivity index (χ0n) is 44.7. The molecule has 0 saturated carbocycles. The van der Waals surface area contributed by atoms with Crippen molar-refractivity contribution in [2.45, 2.75) is 139 Å². The first kappa shape index (κ1) is 68.3. The molecule has 0 saturated heterocycles. The summed E-state index contributed by atoms with van der Waals surface area (Å²) < 4.78 is 25.8. The molecule has 0 radical (unpaired) electrons. The average molecular weight is 1040 g/mol. The second-order valence-electron chi connectivity index (χ2n) is 15.9. The molecule has 3 N–H and O–H groups in total. The molecule has 16 nitrogen and oxygen atoms in total. The van der Waals surface area contributed by atoms with Crippen LogP contribution in [0.2, 0.25) is 0 Å². The Bertz CT molecular complexity index is 1810. The number of fused-ring (bicyclic) bond motifs is 3. The molecule has 1 aliphatic carbocycles. The zero-order chi connectivity index (χ0) is 54.1. The summed E-state index contributed by atoms with van der Waals surface area (Å²) in [6, 6.07) is 16.1. The van der Waals surface area contributed by atoms with E-state index in [2.05, 4.69) is 66.2 Å². The lowest BCUT2D eigenvalue weighted by Gasteiger charge is -2.19. The number of hydrogen-bond acceptors (Lipinski definition) is 17. The van der Waals surface area contributed by atoms with E-state index in [1.807, 2.05) is 40.1 Å². The number of nitrogens with one attached hydrogen (secondary N) is 3. The number of hydrogen-bond donors (Lipinski definition) is 3. The number of carbonyl (C=O) groups excluding carboxylic acids is 8. The van der Waals surface area contributed by atoms with Crippen molar-refractivity contribution in [1.29, 1.82) is 0 Å². The standard InChI is InChI=1S/C17H16O2.C16H27NO6S.C14H24O5S.2C3H9N/c1-2-17(18)19-11-16-14-9-5-3-7-12(14)13-8-4-6-10-15(13)16;1-5-14(19)17-13(11(4)18)10-24-9-12(23-16(21)7-3)8-22-15(20)6-2;1-5-13(16)18-7-12(19-14(17)6-2)9-20-8-10(3)11(4)15;2*1-3-4-2/h3-10,16H,2,11H2,1H3;12-13H,5-10H2,1-4H3,(H,17,19);10,12H,5-9H2,1-4H3;2*4H,3H2,1-2H3/t;12-,13-;10-,12-;;/m.00../s1. The first-order valence-corrected chi connectivity index (χ1v) is 27.0. The topological polar surface area (TPSA) is 219 Å². The van der Waals surface area contributed by atoms with Crippen molar-refractivity contribution >= 4 is 70.8 Å². The van der Waals surface area contributed by atoms with Gasteiger partial charge in [-0.3, -0.25) is 38.4 Å². The minimum Gasteiger partial charge on any atom is -0.465 e. The molecule has 0 aliphatic heterocycles. The van der Waals surface area contributed by atoms with Crippen LogP contribution in [0.25, 0.3) is 11.1 Å². The molecule has 0 bridgehead atoms. The molecule has 0 spiro atoms. The lowest BCUT2D eigenvalue weighted by molar-refractivity contribution is -0.157. The summed E-state index contributed by atoms with van der Waals surface area (Å²) in [6.07, 6.45) is 0.751. The highest BCUT2D eigenvalue weighted by molar-refractivity contribution is 7.99. The van der Waals surface area contributed by atoms with Crippen molar-refractivity contribution in [3.05, 3.63) is 59.7 Å². The Hall–Kier alpha value is -4.78. The molecule has 0 unspecified atom stereocenters. The Kier molecular flexibility index (Phi) is 41.2. The first-order valence-electron chi connectivity index (χ1n) is 24.7. The summed E-state index contributed by atoms with van der Waals surface area (Å²) in [7, 11) is 3.86. The summed E-state index contributed by atoms with van der Waals surface area (Å²) in [5.74, 6) is 0.347. The van der Waals surface area contributed by atoms with E-state index in [1.54, 1.807) is 41.5 Å². The molecule has 1 amide bonds. The van der Waals surface area contributed by atoms with Gasteiger partial charge in [0.05, 0.1) is 6.04 Å². The molecular weight excluding hydrogens is 951 g/mol. The Balaban J connectivity index is 0. The van der Waals surface area contributed by atoms with Crippen LogP contribution in [-0.2, 0) is 62.0 Å². The van der Waals surface area contributed by atoms with Gasteiger partial charge in [0.2, 0.25) is 5.91 Å². The number of amides is 1. The molecule has 3 rings (SSSR count). The number of benzene rings is 2. The molecule has 0 fully saturated rings. The lowest BCUT2D eigenvalue weighted by atomic mass is 9.98. The van der Waals surface area contributed by atoms with Gasteiger partial charge in [-0.2, -0.15) is 23.5 Å². The van der Waals surface area contributed by atoms with Crippen LogP contribution >= 0.6 is 23.5 Å². The van der Waals surface area contributed by atoms with E-state index >= 15 is 0 Å². The average Bonchev–Trinajstić information content (AvgIpc) is 3.71. The fourth-order valence-corrected chi connectivity index (χ4v) is 7.70. The maximum Gasteiger partial charge on any atom is 0.305 e. The quantitative estimate of drug-likeness (QED) is 0.0572. The molecule has 18 heteroatoms. The number of ketones is 2. The van der Waals surface area contributed by atoms with Gasteiger partial charge in [0.25, 0.3) is 0 Å². The van der Waals surface area contributed by atoms with Crippen LogP contribution in [0.4, 0.5) is 0 Å².